The standard InChI is InChI=1S/C27H32O4Si/c1-26(2,3)32(20-12-7-5-8-13-20,21-14-9-6-10-15-21)30-18-23-24-22(25(29)31-23)16-11-17-27(24,4)19-28/h5-16,19,22-24H,17-18H2,1-4H3/t22?,23-,24+,27+/m0/s1. The Morgan fingerprint density at radius 2 is 1.62 bits per heavy atom. The topological polar surface area (TPSA) is 52.6 Å². The van der Waals surface area contributed by atoms with Gasteiger partial charge < -0.3 is 14.0 Å². The van der Waals surface area contributed by atoms with Gasteiger partial charge >= 0.3 is 5.97 Å². The molecule has 1 unspecified atom stereocenters. The van der Waals surface area contributed by atoms with Crippen LogP contribution in [0.3, 0.4) is 0 Å². The summed E-state index contributed by atoms with van der Waals surface area (Å²) in [6.07, 6.45) is 4.99. The molecule has 168 valence electrons. The summed E-state index contributed by atoms with van der Waals surface area (Å²) in [7, 11) is -2.75. The van der Waals surface area contributed by atoms with Crippen molar-refractivity contribution in [2.45, 2.75) is 45.3 Å². The quantitative estimate of drug-likeness (QED) is 0.291. The van der Waals surface area contributed by atoms with E-state index in [0.717, 1.165) is 6.29 Å². The average molecular weight is 449 g/mol. The van der Waals surface area contributed by atoms with Crippen molar-refractivity contribution in [3.8, 4) is 0 Å². The summed E-state index contributed by atoms with van der Waals surface area (Å²) in [6, 6.07) is 20.8. The zero-order chi connectivity index (χ0) is 23.0. The van der Waals surface area contributed by atoms with Crippen LogP contribution < -0.4 is 10.4 Å². The minimum absolute atomic E-state index is 0.169. The molecule has 0 radical (unpaired) electrons. The molecule has 0 saturated carbocycles. The number of allylic oxidation sites excluding steroid dienone is 1. The van der Waals surface area contributed by atoms with Gasteiger partial charge in [0.05, 0.1) is 12.5 Å². The second-order valence-electron chi connectivity index (χ2n) is 10.3. The Morgan fingerprint density at radius 1 is 1.06 bits per heavy atom. The largest absolute Gasteiger partial charge is 0.459 e. The monoisotopic (exact) mass is 448 g/mol. The summed E-state index contributed by atoms with van der Waals surface area (Å²) >= 11 is 0. The third-order valence-corrected chi connectivity index (χ3v) is 12.1. The number of carbonyl (C=O) groups excluding carboxylic acids is 2. The number of hydrogen-bond acceptors (Lipinski definition) is 4. The van der Waals surface area contributed by atoms with Crippen molar-refractivity contribution in [2.75, 3.05) is 6.61 Å². The first-order valence-corrected chi connectivity index (χ1v) is 13.2. The van der Waals surface area contributed by atoms with E-state index in [1.165, 1.54) is 10.4 Å². The molecule has 0 N–H and O–H groups in total. The van der Waals surface area contributed by atoms with Gasteiger partial charge in [-0.1, -0.05) is 101 Å². The molecule has 0 spiro atoms. The maximum atomic E-state index is 12.7. The van der Waals surface area contributed by atoms with Crippen LogP contribution >= 0.6 is 0 Å². The van der Waals surface area contributed by atoms with E-state index in [-0.39, 0.29) is 29.5 Å². The number of fused-ring (bicyclic) bond motifs is 1. The van der Waals surface area contributed by atoms with Crippen molar-refractivity contribution in [3.63, 3.8) is 0 Å². The van der Waals surface area contributed by atoms with Gasteiger partial charge in [0.15, 0.2) is 0 Å². The molecule has 4 nitrogen and oxygen atoms in total. The van der Waals surface area contributed by atoms with Gasteiger partial charge in [0.2, 0.25) is 0 Å². The number of cyclic esters (lactones) is 1. The maximum absolute atomic E-state index is 12.7. The molecule has 1 saturated heterocycles. The van der Waals surface area contributed by atoms with Crippen LogP contribution in [-0.4, -0.2) is 33.3 Å². The molecule has 2 aromatic carbocycles. The third kappa shape index (κ3) is 3.67. The van der Waals surface area contributed by atoms with Gasteiger partial charge in [-0.3, -0.25) is 4.79 Å². The molecule has 0 amide bonds. The van der Waals surface area contributed by atoms with Crippen molar-refractivity contribution < 1.29 is 18.8 Å². The molecule has 0 aromatic heterocycles. The zero-order valence-corrected chi connectivity index (χ0v) is 20.3. The first-order chi connectivity index (χ1) is 15.2. The molecule has 4 rings (SSSR count). The summed E-state index contributed by atoms with van der Waals surface area (Å²) in [5.41, 5.74) is -0.634. The molecule has 1 aliphatic heterocycles. The van der Waals surface area contributed by atoms with Crippen molar-refractivity contribution in [3.05, 3.63) is 72.8 Å². The number of ether oxygens (including phenoxy) is 1. The molecule has 1 fully saturated rings. The molecule has 4 atom stereocenters. The highest BCUT2D eigenvalue weighted by atomic mass is 28.4. The summed E-state index contributed by atoms with van der Waals surface area (Å²) < 4.78 is 12.8. The number of rotatable bonds is 6. The number of benzene rings is 2. The van der Waals surface area contributed by atoms with Crippen molar-refractivity contribution in [1.82, 2.24) is 0 Å². The molecule has 1 aliphatic carbocycles. The zero-order valence-electron chi connectivity index (χ0n) is 19.3. The lowest BCUT2D eigenvalue weighted by Gasteiger charge is -2.44. The van der Waals surface area contributed by atoms with Gasteiger partial charge in [-0.15, -0.1) is 0 Å². The molecular weight excluding hydrogens is 416 g/mol. The summed E-state index contributed by atoms with van der Waals surface area (Å²) in [5, 5.41) is 2.19. The number of carbonyl (C=O) groups is 2. The number of esters is 1. The fourth-order valence-electron chi connectivity index (χ4n) is 5.55. The average Bonchev–Trinajstić information content (AvgIpc) is 3.12. The Kier molecular flexibility index (Phi) is 5.99. The minimum Gasteiger partial charge on any atom is -0.459 e. The van der Waals surface area contributed by atoms with Gasteiger partial charge in [-0.25, -0.2) is 0 Å². The Hall–Kier alpha value is -2.50. The minimum atomic E-state index is -2.75. The second-order valence-corrected chi connectivity index (χ2v) is 14.6. The Labute approximate surface area is 191 Å². The van der Waals surface area contributed by atoms with E-state index >= 15 is 0 Å². The number of hydrogen-bond donors (Lipinski definition) is 0. The first kappa shape index (κ1) is 22.7. The maximum Gasteiger partial charge on any atom is 0.313 e. The fraction of sp³-hybridized carbons (Fsp3) is 0.407. The molecule has 5 heteroatoms. The van der Waals surface area contributed by atoms with E-state index in [2.05, 4.69) is 69.3 Å². The summed E-state index contributed by atoms with van der Waals surface area (Å²) in [5.74, 6) is -0.850. The van der Waals surface area contributed by atoms with E-state index in [0.29, 0.717) is 6.42 Å². The molecule has 2 aromatic rings. The van der Waals surface area contributed by atoms with E-state index in [1.54, 1.807) is 0 Å². The van der Waals surface area contributed by atoms with Crippen LogP contribution in [0.15, 0.2) is 72.8 Å². The highest BCUT2D eigenvalue weighted by molar-refractivity contribution is 6.99. The van der Waals surface area contributed by atoms with Gasteiger partial charge in [-0.05, 0) is 21.8 Å². The lowest BCUT2D eigenvalue weighted by atomic mass is 9.65. The van der Waals surface area contributed by atoms with Crippen LogP contribution in [0.2, 0.25) is 5.04 Å². The van der Waals surface area contributed by atoms with Crippen LogP contribution in [0.1, 0.15) is 34.1 Å². The second kappa shape index (κ2) is 8.45. The van der Waals surface area contributed by atoms with E-state index in [9.17, 15) is 9.59 Å². The van der Waals surface area contributed by atoms with Crippen LogP contribution in [0.4, 0.5) is 0 Å². The third-order valence-electron chi connectivity index (χ3n) is 7.14. The fourth-order valence-corrected chi connectivity index (χ4v) is 10.1. The highest BCUT2D eigenvalue weighted by Crippen LogP contribution is 2.47. The van der Waals surface area contributed by atoms with E-state index in [4.69, 9.17) is 9.16 Å². The summed E-state index contributed by atoms with van der Waals surface area (Å²) in [4.78, 5) is 24.7. The molecular formula is C27H32O4Si. The van der Waals surface area contributed by atoms with E-state index < -0.39 is 19.8 Å². The molecule has 0 bridgehead atoms. The van der Waals surface area contributed by atoms with Gasteiger partial charge in [0.1, 0.15) is 12.4 Å². The Bertz CT molecular complexity index is 956. The van der Waals surface area contributed by atoms with Gasteiger partial charge in [-0.2, -0.15) is 0 Å². The Morgan fingerprint density at radius 3 is 2.12 bits per heavy atom. The van der Waals surface area contributed by atoms with Crippen molar-refractivity contribution >= 4 is 30.9 Å². The van der Waals surface area contributed by atoms with Crippen LogP contribution in [0, 0.1) is 17.3 Å². The van der Waals surface area contributed by atoms with Crippen LogP contribution in [-0.2, 0) is 18.8 Å². The number of aldehydes is 1. The molecule has 2 aliphatic rings. The smallest absolute Gasteiger partial charge is 0.313 e. The van der Waals surface area contributed by atoms with Crippen LogP contribution in [0.25, 0.3) is 0 Å². The lowest BCUT2D eigenvalue weighted by molar-refractivity contribution is -0.144. The highest BCUT2D eigenvalue weighted by Gasteiger charge is 2.56. The molecule has 1 heterocycles. The van der Waals surface area contributed by atoms with Gasteiger partial charge in [0.25, 0.3) is 8.32 Å². The predicted octanol–water partition coefficient (Wildman–Crippen LogP) is 3.89. The first-order valence-electron chi connectivity index (χ1n) is 11.3. The molecule has 32 heavy (non-hydrogen) atoms. The van der Waals surface area contributed by atoms with Crippen molar-refractivity contribution in [2.24, 2.45) is 17.3 Å². The predicted molar refractivity (Wildman–Crippen MR) is 128 cm³/mol. The summed E-state index contributed by atoms with van der Waals surface area (Å²) in [6.45, 7) is 8.88. The normalized spacial score (nSPS) is 27.6. The van der Waals surface area contributed by atoms with E-state index in [1.807, 2.05) is 31.2 Å². The van der Waals surface area contributed by atoms with Gasteiger partial charge in [0, 0.05) is 11.3 Å². The van der Waals surface area contributed by atoms with Crippen molar-refractivity contribution in [1.29, 1.82) is 0 Å². The van der Waals surface area contributed by atoms with Crippen LogP contribution in [0.5, 0.6) is 0 Å². The lowest BCUT2D eigenvalue weighted by Crippen LogP contribution is -2.67. The Balaban J connectivity index is 1.75. The SMILES string of the molecule is CC(C)(C)[Si](OC[C@@H]1OC(=O)C2C=CC[C@](C)(C=O)[C@H]21)(c1ccccc1)c1ccccc1.